The first-order valence-corrected chi connectivity index (χ1v) is 9.95. The fourth-order valence-corrected chi connectivity index (χ4v) is 3.86. The summed E-state index contributed by atoms with van der Waals surface area (Å²) in [5, 5.41) is 8.84. The van der Waals surface area contributed by atoms with Crippen LogP contribution >= 0.6 is 22.7 Å². The van der Waals surface area contributed by atoms with Crippen molar-refractivity contribution in [2.24, 2.45) is 0 Å². The number of rotatable bonds is 7. The van der Waals surface area contributed by atoms with Crippen LogP contribution in [0.15, 0.2) is 35.7 Å². The maximum absolute atomic E-state index is 12.2. The van der Waals surface area contributed by atoms with E-state index >= 15 is 0 Å². The Labute approximate surface area is 164 Å². The fraction of sp³-hybridized carbons (Fsp3) is 0.222. The molecule has 0 saturated heterocycles. The molecule has 1 aromatic carbocycles. The number of carbonyl (C=O) groups excluding carboxylic acids is 2. The van der Waals surface area contributed by atoms with Gasteiger partial charge in [-0.25, -0.2) is 14.8 Å². The van der Waals surface area contributed by atoms with E-state index < -0.39 is 5.97 Å². The maximum atomic E-state index is 12.2. The van der Waals surface area contributed by atoms with Crippen molar-refractivity contribution in [3.63, 3.8) is 0 Å². The number of aromatic nitrogens is 2. The molecule has 0 aliphatic carbocycles. The van der Waals surface area contributed by atoms with Gasteiger partial charge in [0, 0.05) is 11.1 Å². The van der Waals surface area contributed by atoms with Gasteiger partial charge in [0.2, 0.25) is 5.91 Å². The molecule has 27 heavy (non-hydrogen) atoms. The Hall–Kier alpha value is -2.78. The van der Waals surface area contributed by atoms with E-state index in [1.807, 2.05) is 35.7 Å². The van der Waals surface area contributed by atoms with Crippen LogP contribution in [0.4, 0.5) is 16.0 Å². The number of esters is 1. The summed E-state index contributed by atoms with van der Waals surface area (Å²) in [7, 11) is 0. The molecule has 0 aliphatic rings. The molecule has 2 N–H and O–H groups in total. The van der Waals surface area contributed by atoms with Gasteiger partial charge in [-0.3, -0.25) is 4.79 Å². The number of amides is 1. The average molecular weight is 403 g/mol. The van der Waals surface area contributed by atoms with E-state index in [0.29, 0.717) is 28.0 Å². The number of carbonyl (C=O) groups is 2. The Bertz CT molecular complexity index is 937. The smallest absolute Gasteiger partial charge is 0.350 e. The van der Waals surface area contributed by atoms with E-state index in [4.69, 9.17) is 4.74 Å². The fourth-order valence-electron chi connectivity index (χ4n) is 2.25. The van der Waals surface area contributed by atoms with Crippen LogP contribution in [0.3, 0.4) is 0 Å². The summed E-state index contributed by atoms with van der Waals surface area (Å²) in [6, 6.07) is 9.70. The minimum absolute atomic E-state index is 0.125. The molecule has 0 bridgehead atoms. The third-order valence-corrected chi connectivity index (χ3v) is 5.28. The Morgan fingerprint density at radius 2 is 1.93 bits per heavy atom. The Morgan fingerprint density at radius 1 is 1.15 bits per heavy atom. The van der Waals surface area contributed by atoms with Crippen molar-refractivity contribution in [2.45, 2.75) is 20.3 Å². The highest BCUT2D eigenvalue weighted by atomic mass is 32.1. The standard InChI is InChI=1S/C18H18N4O3S2/c1-3-25-16(24)15-11(2)19-18(27-15)22-14(23)9-13-10-26-17(21-13)20-12-7-5-4-6-8-12/h4-8,10H,3,9H2,1-2H3,(H,20,21)(H,19,22,23). The van der Waals surface area contributed by atoms with Crippen molar-refractivity contribution < 1.29 is 14.3 Å². The lowest BCUT2D eigenvalue weighted by Gasteiger charge is -2.01. The van der Waals surface area contributed by atoms with E-state index in [9.17, 15) is 9.59 Å². The topological polar surface area (TPSA) is 93.2 Å². The Kier molecular flexibility index (Phi) is 6.15. The van der Waals surface area contributed by atoms with E-state index in [1.54, 1.807) is 13.8 Å². The number of thiazole rings is 2. The molecule has 1 amide bonds. The first-order valence-electron chi connectivity index (χ1n) is 8.26. The lowest BCUT2D eigenvalue weighted by Crippen LogP contribution is -2.14. The molecular formula is C18H18N4O3S2. The van der Waals surface area contributed by atoms with Crippen molar-refractivity contribution in [2.75, 3.05) is 17.2 Å². The van der Waals surface area contributed by atoms with E-state index in [-0.39, 0.29) is 12.3 Å². The van der Waals surface area contributed by atoms with Crippen molar-refractivity contribution >= 4 is 50.5 Å². The molecule has 0 saturated carbocycles. The van der Waals surface area contributed by atoms with Gasteiger partial charge in [-0.1, -0.05) is 29.5 Å². The van der Waals surface area contributed by atoms with Gasteiger partial charge in [0.05, 0.1) is 24.4 Å². The van der Waals surface area contributed by atoms with Crippen LogP contribution in [-0.2, 0) is 16.0 Å². The number of para-hydroxylation sites is 1. The van der Waals surface area contributed by atoms with Crippen LogP contribution in [0.1, 0.15) is 28.0 Å². The molecule has 140 valence electrons. The molecule has 0 spiro atoms. The monoisotopic (exact) mass is 402 g/mol. The SMILES string of the molecule is CCOC(=O)c1sc(NC(=O)Cc2csc(Nc3ccccc3)n2)nc1C. The molecule has 0 atom stereocenters. The maximum Gasteiger partial charge on any atom is 0.350 e. The van der Waals surface area contributed by atoms with Gasteiger partial charge >= 0.3 is 5.97 Å². The molecule has 0 aliphatic heterocycles. The van der Waals surface area contributed by atoms with Crippen molar-refractivity contribution in [1.82, 2.24) is 9.97 Å². The quantitative estimate of drug-likeness (QED) is 0.580. The number of nitrogens with zero attached hydrogens (tertiary/aromatic N) is 2. The summed E-state index contributed by atoms with van der Waals surface area (Å²) >= 11 is 2.54. The highest BCUT2D eigenvalue weighted by molar-refractivity contribution is 7.17. The first-order chi connectivity index (χ1) is 13.0. The molecule has 0 unspecified atom stereocenters. The lowest BCUT2D eigenvalue weighted by molar-refractivity contribution is -0.115. The van der Waals surface area contributed by atoms with Crippen LogP contribution in [0.2, 0.25) is 0 Å². The van der Waals surface area contributed by atoms with Gasteiger partial charge in [0.15, 0.2) is 10.3 Å². The van der Waals surface area contributed by atoms with Crippen LogP contribution in [0.25, 0.3) is 0 Å². The number of benzene rings is 1. The highest BCUT2D eigenvalue weighted by Crippen LogP contribution is 2.24. The summed E-state index contributed by atoms with van der Waals surface area (Å²) in [5.41, 5.74) is 2.14. The average Bonchev–Trinajstić information content (AvgIpc) is 3.22. The van der Waals surface area contributed by atoms with Gasteiger partial charge in [-0.2, -0.15) is 0 Å². The first kappa shape index (κ1) is 19.0. The lowest BCUT2D eigenvalue weighted by atomic mass is 10.3. The zero-order chi connectivity index (χ0) is 19.2. The summed E-state index contributed by atoms with van der Waals surface area (Å²) in [5.74, 6) is -0.667. The zero-order valence-electron chi connectivity index (χ0n) is 14.8. The van der Waals surface area contributed by atoms with Crippen LogP contribution < -0.4 is 10.6 Å². The van der Waals surface area contributed by atoms with Gasteiger partial charge in [0.1, 0.15) is 4.88 Å². The van der Waals surface area contributed by atoms with Gasteiger partial charge < -0.3 is 15.4 Å². The van der Waals surface area contributed by atoms with Gasteiger partial charge in [-0.15, -0.1) is 11.3 Å². The van der Waals surface area contributed by atoms with Crippen molar-refractivity contribution in [3.05, 3.63) is 52.0 Å². The normalized spacial score (nSPS) is 10.4. The summed E-state index contributed by atoms with van der Waals surface area (Å²) in [6.45, 7) is 3.74. The summed E-state index contributed by atoms with van der Waals surface area (Å²) < 4.78 is 4.98. The highest BCUT2D eigenvalue weighted by Gasteiger charge is 2.18. The number of hydrogen-bond donors (Lipinski definition) is 2. The molecule has 9 heteroatoms. The molecule has 3 rings (SSSR count). The van der Waals surface area contributed by atoms with E-state index in [0.717, 1.165) is 22.2 Å². The molecular weight excluding hydrogens is 384 g/mol. The number of nitrogens with one attached hydrogen (secondary N) is 2. The van der Waals surface area contributed by atoms with E-state index in [1.165, 1.54) is 11.3 Å². The predicted molar refractivity (Wildman–Crippen MR) is 107 cm³/mol. The number of hydrogen-bond acceptors (Lipinski definition) is 8. The second-order valence-corrected chi connectivity index (χ2v) is 7.37. The van der Waals surface area contributed by atoms with E-state index in [2.05, 4.69) is 20.6 Å². The predicted octanol–water partition coefficient (Wildman–Crippen LogP) is 4.01. The number of anilines is 3. The molecule has 3 aromatic rings. The minimum Gasteiger partial charge on any atom is -0.462 e. The Morgan fingerprint density at radius 3 is 2.67 bits per heavy atom. The zero-order valence-corrected chi connectivity index (χ0v) is 16.4. The van der Waals surface area contributed by atoms with Crippen molar-refractivity contribution in [3.8, 4) is 0 Å². The Balaban J connectivity index is 1.58. The van der Waals surface area contributed by atoms with Crippen LogP contribution in [0.5, 0.6) is 0 Å². The van der Waals surface area contributed by atoms with Gasteiger partial charge in [-0.05, 0) is 26.0 Å². The minimum atomic E-state index is -0.427. The molecule has 0 radical (unpaired) electrons. The molecule has 0 fully saturated rings. The van der Waals surface area contributed by atoms with Gasteiger partial charge in [0.25, 0.3) is 0 Å². The third kappa shape index (κ3) is 5.11. The largest absolute Gasteiger partial charge is 0.462 e. The second kappa shape index (κ2) is 8.74. The van der Waals surface area contributed by atoms with Crippen molar-refractivity contribution in [1.29, 1.82) is 0 Å². The number of ether oxygens (including phenoxy) is 1. The second-order valence-electron chi connectivity index (χ2n) is 5.51. The van der Waals surface area contributed by atoms with Crippen LogP contribution in [0, 0.1) is 6.92 Å². The summed E-state index contributed by atoms with van der Waals surface area (Å²) in [6.07, 6.45) is 0.125. The molecule has 2 aromatic heterocycles. The molecule has 2 heterocycles. The molecule has 7 nitrogen and oxygen atoms in total. The third-order valence-electron chi connectivity index (χ3n) is 3.42. The van der Waals surface area contributed by atoms with Crippen LogP contribution in [-0.4, -0.2) is 28.5 Å². The number of aryl methyl sites for hydroxylation is 1. The summed E-state index contributed by atoms with van der Waals surface area (Å²) in [4.78, 5) is 33.1.